The summed E-state index contributed by atoms with van der Waals surface area (Å²) in [6.07, 6.45) is 7.97. The molecule has 1 aliphatic rings. The van der Waals surface area contributed by atoms with Gasteiger partial charge in [-0.05, 0) is 43.4 Å². The van der Waals surface area contributed by atoms with Crippen LogP contribution in [0.4, 0.5) is 0 Å². The Morgan fingerprint density at radius 1 is 1.50 bits per heavy atom. The van der Waals surface area contributed by atoms with Gasteiger partial charge in [0.2, 0.25) is 0 Å². The first kappa shape index (κ1) is 13.7. The lowest BCUT2D eigenvalue weighted by molar-refractivity contribution is 0.200. The van der Waals surface area contributed by atoms with E-state index >= 15 is 0 Å². The fourth-order valence-electron chi connectivity index (χ4n) is 2.10. The van der Waals surface area contributed by atoms with Crippen LogP contribution in [0.1, 0.15) is 46.0 Å². The molecular weight excluding hydrogens is 198 g/mol. The fraction of sp³-hybridized carbons (Fsp3) is 0.857. The second kappa shape index (κ2) is 6.41. The summed E-state index contributed by atoms with van der Waals surface area (Å²) in [5, 5.41) is 12.7. The molecule has 0 aromatic carbocycles. The zero-order valence-corrected chi connectivity index (χ0v) is 10.8. The van der Waals surface area contributed by atoms with E-state index in [1.807, 2.05) is 6.08 Å². The van der Waals surface area contributed by atoms with Gasteiger partial charge in [0.15, 0.2) is 0 Å². The van der Waals surface area contributed by atoms with Crippen molar-refractivity contribution in [3.63, 3.8) is 0 Å². The Hall–Kier alpha value is -0.340. The van der Waals surface area contributed by atoms with Crippen molar-refractivity contribution in [1.29, 1.82) is 0 Å². The van der Waals surface area contributed by atoms with Gasteiger partial charge < -0.3 is 10.4 Å². The standard InChI is InChI=1S/C14H27NO/c1-4-5-6-13(12-7-8-12)15-11-14(2,3)9-10-16/h4,12-13,15-16H,1,5-11H2,2-3H3. The molecule has 0 bridgehead atoms. The minimum Gasteiger partial charge on any atom is -0.396 e. The Labute approximate surface area is 100 Å². The topological polar surface area (TPSA) is 32.3 Å². The number of aliphatic hydroxyl groups excluding tert-OH is 1. The molecule has 1 rings (SSSR count). The zero-order valence-electron chi connectivity index (χ0n) is 10.8. The number of hydrogen-bond acceptors (Lipinski definition) is 2. The van der Waals surface area contributed by atoms with Crippen molar-refractivity contribution in [1.82, 2.24) is 5.32 Å². The van der Waals surface area contributed by atoms with Gasteiger partial charge in [0.25, 0.3) is 0 Å². The molecule has 16 heavy (non-hydrogen) atoms. The first-order valence-corrected chi connectivity index (χ1v) is 6.54. The highest BCUT2D eigenvalue weighted by atomic mass is 16.3. The van der Waals surface area contributed by atoms with Crippen LogP contribution in [0.15, 0.2) is 12.7 Å². The van der Waals surface area contributed by atoms with Crippen LogP contribution >= 0.6 is 0 Å². The SMILES string of the molecule is C=CCCC(NCC(C)(C)CCO)C1CC1. The molecule has 0 aromatic rings. The van der Waals surface area contributed by atoms with Gasteiger partial charge in [-0.2, -0.15) is 0 Å². The lowest BCUT2D eigenvalue weighted by Crippen LogP contribution is -2.38. The summed E-state index contributed by atoms with van der Waals surface area (Å²) >= 11 is 0. The molecule has 2 N–H and O–H groups in total. The molecule has 0 aliphatic heterocycles. The van der Waals surface area contributed by atoms with Crippen LogP contribution in [0.5, 0.6) is 0 Å². The highest BCUT2D eigenvalue weighted by Crippen LogP contribution is 2.35. The van der Waals surface area contributed by atoms with Crippen molar-refractivity contribution in [2.24, 2.45) is 11.3 Å². The maximum absolute atomic E-state index is 8.99. The van der Waals surface area contributed by atoms with Crippen molar-refractivity contribution < 1.29 is 5.11 Å². The van der Waals surface area contributed by atoms with E-state index in [4.69, 9.17) is 5.11 Å². The summed E-state index contributed by atoms with van der Waals surface area (Å²) in [6, 6.07) is 0.663. The second-order valence-electron chi connectivity index (χ2n) is 5.83. The molecule has 0 amide bonds. The lowest BCUT2D eigenvalue weighted by Gasteiger charge is -2.28. The minimum atomic E-state index is 0.204. The van der Waals surface area contributed by atoms with Gasteiger partial charge in [0, 0.05) is 19.2 Å². The van der Waals surface area contributed by atoms with Crippen molar-refractivity contribution in [3.8, 4) is 0 Å². The Morgan fingerprint density at radius 2 is 2.19 bits per heavy atom. The van der Waals surface area contributed by atoms with Crippen LogP contribution in [0.25, 0.3) is 0 Å². The van der Waals surface area contributed by atoms with E-state index in [0.717, 1.165) is 25.3 Å². The summed E-state index contributed by atoms with van der Waals surface area (Å²) in [5.41, 5.74) is 0.204. The van der Waals surface area contributed by atoms with Gasteiger partial charge in [0.1, 0.15) is 0 Å². The van der Waals surface area contributed by atoms with Crippen LogP contribution < -0.4 is 5.32 Å². The molecule has 0 heterocycles. The maximum atomic E-state index is 8.99. The number of rotatable bonds is 9. The molecule has 1 aliphatic carbocycles. The summed E-state index contributed by atoms with van der Waals surface area (Å²) in [4.78, 5) is 0. The smallest absolute Gasteiger partial charge is 0.0436 e. The molecule has 1 saturated carbocycles. The lowest BCUT2D eigenvalue weighted by atomic mass is 9.89. The highest BCUT2D eigenvalue weighted by Gasteiger charge is 2.31. The summed E-state index contributed by atoms with van der Waals surface area (Å²) in [6.45, 7) is 9.51. The van der Waals surface area contributed by atoms with E-state index in [2.05, 4.69) is 25.7 Å². The van der Waals surface area contributed by atoms with E-state index in [9.17, 15) is 0 Å². The van der Waals surface area contributed by atoms with Gasteiger partial charge in [-0.25, -0.2) is 0 Å². The summed E-state index contributed by atoms with van der Waals surface area (Å²) in [7, 11) is 0. The van der Waals surface area contributed by atoms with Crippen molar-refractivity contribution in [2.75, 3.05) is 13.2 Å². The molecule has 94 valence electrons. The Morgan fingerprint density at radius 3 is 2.69 bits per heavy atom. The predicted octanol–water partition coefficient (Wildman–Crippen LogP) is 2.73. The molecule has 1 atom stereocenters. The van der Waals surface area contributed by atoms with E-state index in [-0.39, 0.29) is 12.0 Å². The largest absolute Gasteiger partial charge is 0.396 e. The van der Waals surface area contributed by atoms with E-state index < -0.39 is 0 Å². The van der Waals surface area contributed by atoms with Crippen LogP contribution in [-0.4, -0.2) is 24.3 Å². The van der Waals surface area contributed by atoms with E-state index in [1.165, 1.54) is 19.3 Å². The van der Waals surface area contributed by atoms with Crippen molar-refractivity contribution in [2.45, 2.75) is 52.0 Å². The second-order valence-corrected chi connectivity index (χ2v) is 5.83. The Bertz CT molecular complexity index is 209. The van der Waals surface area contributed by atoms with Crippen molar-refractivity contribution in [3.05, 3.63) is 12.7 Å². The molecular formula is C14H27NO. The van der Waals surface area contributed by atoms with Gasteiger partial charge in [-0.15, -0.1) is 6.58 Å². The molecule has 2 nitrogen and oxygen atoms in total. The van der Waals surface area contributed by atoms with Gasteiger partial charge in [-0.3, -0.25) is 0 Å². The fourth-order valence-corrected chi connectivity index (χ4v) is 2.10. The molecule has 0 radical (unpaired) electrons. The van der Waals surface area contributed by atoms with E-state index in [1.54, 1.807) is 0 Å². The highest BCUT2D eigenvalue weighted by molar-refractivity contribution is 4.89. The quantitative estimate of drug-likeness (QED) is 0.591. The van der Waals surface area contributed by atoms with Crippen LogP contribution in [-0.2, 0) is 0 Å². The van der Waals surface area contributed by atoms with E-state index in [0.29, 0.717) is 6.04 Å². The van der Waals surface area contributed by atoms with Crippen LogP contribution in [0, 0.1) is 11.3 Å². The van der Waals surface area contributed by atoms with Gasteiger partial charge in [-0.1, -0.05) is 19.9 Å². The zero-order chi connectivity index (χ0) is 12.0. The molecule has 1 unspecified atom stereocenters. The van der Waals surface area contributed by atoms with Crippen LogP contribution in [0.3, 0.4) is 0 Å². The first-order chi connectivity index (χ1) is 7.59. The molecule has 0 aromatic heterocycles. The van der Waals surface area contributed by atoms with Crippen LogP contribution in [0.2, 0.25) is 0 Å². The monoisotopic (exact) mass is 225 g/mol. The molecule has 0 spiro atoms. The third-order valence-corrected chi connectivity index (χ3v) is 3.50. The normalized spacial score (nSPS) is 18.4. The molecule has 2 heteroatoms. The maximum Gasteiger partial charge on any atom is 0.0436 e. The van der Waals surface area contributed by atoms with Crippen molar-refractivity contribution >= 4 is 0 Å². The van der Waals surface area contributed by atoms with Gasteiger partial charge >= 0.3 is 0 Å². The van der Waals surface area contributed by atoms with Gasteiger partial charge in [0.05, 0.1) is 0 Å². The summed E-state index contributed by atoms with van der Waals surface area (Å²) < 4.78 is 0. The average molecular weight is 225 g/mol. The predicted molar refractivity (Wildman–Crippen MR) is 69.4 cm³/mol. The molecule has 0 saturated heterocycles. The number of hydrogen-bond donors (Lipinski definition) is 2. The third kappa shape index (κ3) is 5.13. The third-order valence-electron chi connectivity index (χ3n) is 3.50. The number of nitrogens with one attached hydrogen (secondary N) is 1. The number of aliphatic hydroxyl groups is 1. The Balaban J connectivity index is 2.28. The average Bonchev–Trinajstić information content (AvgIpc) is 3.01. The minimum absolute atomic E-state index is 0.204. The number of allylic oxidation sites excluding steroid dienone is 1. The summed E-state index contributed by atoms with van der Waals surface area (Å²) in [5.74, 6) is 0.893. The molecule has 1 fully saturated rings. The Kier molecular flexibility index (Phi) is 5.50. The first-order valence-electron chi connectivity index (χ1n) is 6.54.